The molecule has 0 aliphatic heterocycles. The van der Waals surface area contributed by atoms with Crippen LogP contribution in [-0.4, -0.2) is 11.6 Å². The van der Waals surface area contributed by atoms with E-state index in [1.807, 2.05) is 6.92 Å². The third-order valence-electron chi connectivity index (χ3n) is 2.37. The summed E-state index contributed by atoms with van der Waals surface area (Å²) in [6, 6.07) is 4.27. The minimum absolute atomic E-state index is 0.0373. The van der Waals surface area contributed by atoms with E-state index in [-0.39, 0.29) is 5.56 Å². The van der Waals surface area contributed by atoms with Crippen LogP contribution >= 0.6 is 15.9 Å². The lowest BCUT2D eigenvalue weighted by molar-refractivity contribution is -0.00289. The number of halogens is 2. The molecule has 1 rings (SSSR count). The molecular weight excluding hydrogens is 275 g/mol. The Balaban J connectivity index is 2.89. The van der Waals surface area contributed by atoms with Gasteiger partial charge >= 0.3 is 5.97 Å². The first-order valence-electron chi connectivity index (χ1n) is 5.04. The summed E-state index contributed by atoms with van der Waals surface area (Å²) in [5.74, 6) is -1.21. The molecule has 0 spiro atoms. The summed E-state index contributed by atoms with van der Waals surface area (Å²) in [7, 11) is 0. The third kappa shape index (κ3) is 3.30. The molecule has 0 aromatic heterocycles. The van der Waals surface area contributed by atoms with Gasteiger partial charge in [-0.3, -0.25) is 0 Å². The molecule has 0 aliphatic carbocycles. The zero-order chi connectivity index (χ0) is 12.3. The SMILES string of the molecule is CCC(C)(C)OC(=O)c1ccc(Br)cc1F. The summed E-state index contributed by atoms with van der Waals surface area (Å²) in [4.78, 5) is 11.7. The molecule has 0 aliphatic rings. The van der Waals surface area contributed by atoms with Gasteiger partial charge in [0.2, 0.25) is 0 Å². The van der Waals surface area contributed by atoms with Crippen LogP contribution in [-0.2, 0) is 4.74 Å². The van der Waals surface area contributed by atoms with Gasteiger partial charge in [0, 0.05) is 4.47 Å². The van der Waals surface area contributed by atoms with E-state index >= 15 is 0 Å². The molecule has 0 amide bonds. The lowest BCUT2D eigenvalue weighted by Crippen LogP contribution is -2.27. The largest absolute Gasteiger partial charge is 0.456 e. The second-order valence-electron chi connectivity index (χ2n) is 4.13. The highest BCUT2D eigenvalue weighted by molar-refractivity contribution is 9.10. The molecule has 16 heavy (non-hydrogen) atoms. The van der Waals surface area contributed by atoms with Crippen LogP contribution in [0, 0.1) is 5.82 Å². The summed E-state index contributed by atoms with van der Waals surface area (Å²) >= 11 is 3.13. The fraction of sp³-hybridized carbons (Fsp3) is 0.417. The smallest absolute Gasteiger partial charge is 0.341 e. The molecule has 0 radical (unpaired) electrons. The van der Waals surface area contributed by atoms with Crippen LogP contribution in [0.3, 0.4) is 0 Å². The van der Waals surface area contributed by atoms with E-state index < -0.39 is 17.4 Å². The Kier molecular flexibility index (Phi) is 4.08. The van der Waals surface area contributed by atoms with Crippen molar-refractivity contribution in [2.24, 2.45) is 0 Å². The minimum Gasteiger partial charge on any atom is -0.456 e. The normalized spacial score (nSPS) is 11.3. The van der Waals surface area contributed by atoms with Crippen molar-refractivity contribution in [3.8, 4) is 0 Å². The molecule has 2 nitrogen and oxygen atoms in total. The average Bonchev–Trinajstić information content (AvgIpc) is 2.16. The number of benzene rings is 1. The zero-order valence-electron chi connectivity index (χ0n) is 9.51. The number of hydrogen-bond acceptors (Lipinski definition) is 2. The summed E-state index contributed by atoms with van der Waals surface area (Å²) in [6.07, 6.45) is 0.677. The van der Waals surface area contributed by atoms with E-state index in [9.17, 15) is 9.18 Å². The molecule has 0 N–H and O–H groups in total. The molecule has 0 heterocycles. The van der Waals surface area contributed by atoms with Gasteiger partial charge in [-0.25, -0.2) is 9.18 Å². The Morgan fingerprint density at radius 1 is 1.50 bits per heavy atom. The second kappa shape index (κ2) is 4.95. The lowest BCUT2D eigenvalue weighted by Gasteiger charge is -2.23. The van der Waals surface area contributed by atoms with E-state index in [0.717, 1.165) is 0 Å². The molecular formula is C12H14BrFO2. The van der Waals surface area contributed by atoms with E-state index in [1.165, 1.54) is 12.1 Å². The Hall–Kier alpha value is -0.900. The van der Waals surface area contributed by atoms with Crippen molar-refractivity contribution in [2.75, 3.05) is 0 Å². The molecule has 0 saturated heterocycles. The van der Waals surface area contributed by atoms with Gasteiger partial charge in [0.25, 0.3) is 0 Å². The zero-order valence-corrected chi connectivity index (χ0v) is 11.1. The maximum Gasteiger partial charge on any atom is 0.341 e. The number of carbonyl (C=O) groups excluding carboxylic acids is 1. The highest BCUT2D eigenvalue weighted by Gasteiger charge is 2.23. The minimum atomic E-state index is -0.628. The fourth-order valence-corrected chi connectivity index (χ4v) is 1.37. The van der Waals surface area contributed by atoms with Gasteiger partial charge in [-0.1, -0.05) is 22.9 Å². The Labute approximate surface area is 103 Å². The van der Waals surface area contributed by atoms with Gasteiger partial charge in [-0.15, -0.1) is 0 Å². The van der Waals surface area contributed by atoms with Crippen molar-refractivity contribution in [1.82, 2.24) is 0 Å². The van der Waals surface area contributed by atoms with Crippen LogP contribution in [0.25, 0.3) is 0 Å². The van der Waals surface area contributed by atoms with Gasteiger partial charge in [0.15, 0.2) is 0 Å². The Morgan fingerprint density at radius 3 is 2.62 bits per heavy atom. The summed E-state index contributed by atoms with van der Waals surface area (Å²) in [5.41, 5.74) is -0.610. The average molecular weight is 289 g/mol. The molecule has 0 saturated carbocycles. The summed E-state index contributed by atoms with van der Waals surface area (Å²) in [5, 5.41) is 0. The van der Waals surface area contributed by atoms with Gasteiger partial charge in [0.05, 0.1) is 5.56 Å². The first-order chi connectivity index (χ1) is 7.35. The van der Waals surface area contributed by atoms with Crippen molar-refractivity contribution in [2.45, 2.75) is 32.8 Å². The van der Waals surface area contributed by atoms with Crippen LogP contribution in [0.2, 0.25) is 0 Å². The van der Waals surface area contributed by atoms with Crippen molar-refractivity contribution in [3.05, 3.63) is 34.1 Å². The molecule has 1 aromatic rings. The van der Waals surface area contributed by atoms with E-state index in [2.05, 4.69) is 15.9 Å². The molecule has 0 bridgehead atoms. The van der Waals surface area contributed by atoms with Crippen LogP contribution in [0.1, 0.15) is 37.6 Å². The van der Waals surface area contributed by atoms with Crippen molar-refractivity contribution in [1.29, 1.82) is 0 Å². The number of esters is 1. The maximum absolute atomic E-state index is 13.4. The van der Waals surface area contributed by atoms with Gasteiger partial charge in [-0.2, -0.15) is 0 Å². The third-order valence-corrected chi connectivity index (χ3v) is 2.86. The van der Waals surface area contributed by atoms with Crippen LogP contribution < -0.4 is 0 Å². The number of rotatable bonds is 3. The van der Waals surface area contributed by atoms with E-state index in [4.69, 9.17) is 4.74 Å². The predicted octanol–water partition coefficient (Wildman–Crippen LogP) is 3.93. The lowest BCUT2D eigenvalue weighted by atomic mass is 10.1. The fourth-order valence-electron chi connectivity index (χ4n) is 1.03. The van der Waals surface area contributed by atoms with Crippen molar-refractivity contribution < 1.29 is 13.9 Å². The first kappa shape index (κ1) is 13.2. The molecule has 0 atom stereocenters. The quantitative estimate of drug-likeness (QED) is 0.788. The second-order valence-corrected chi connectivity index (χ2v) is 5.04. The van der Waals surface area contributed by atoms with Crippen LogP contribution in [0.5, 0.6) is 0 Å². The summed E-state index contributed by atoms with van der Waals surface area (Å²) < 4.78 is 19.2. The van der Waals surface area contributed by atoms with Gasteiger partial charge in [0.1, 0.15) is 11.4 Å². The first-order valence-corrected chi connectivity index (χ1v) is 5.83. The predicted molar refractivity (Wildman–Crippen MR) is 63.9 cm³/mol. The molecule has 1 aromatic carbocycles. The number of carbonyl (C=O) groups is 1. The van der Waals surface area contributed by atoms with Gasteiger partial charge in [-0.05, 0) is 38.5 Å². The Bertz CT molecular complexity index is 402. The van der Waals surface area contributed by atoms with Crippen LogP contribution in [0.15, 0.2) is 22.7 Å². The topological polar surface area (TPSA) is 26.3 Å². The van der Waals surface area contributed by atoms with Gasteiger partial charge < -0.3 is 4.74 Å². The molecule has 4 heteroatoms. The molecule has 88 valence electrons. The summed E-state index contributed by atoms with van der Waals surface area (Å²) in [6.45, 7) is 5.49. The standard InChI is InChI=1S/C12H14BrFO2/c1-4-12(2,3)16-11(15)9-6-5-8(13)7-10(9)14/h5-7H,4H2,1-3H3. The van der Waals surface area contributed by atoms with Crippen LogP contribution in [0.4, 0.5) is 4.39 Å². The Morgan fingerprint density at radius 2 is 2.12 bits per heavy atom. The monoisotopic (exact) mass is 288 g/mol. The molecule has 0 fully saturated rings. The molecule has 0 unspecified atom stereocenters. The number of hydrogen-bond donors (Lipinski definition) is 0. The highest BCUT2D eigenvalue weighted by Crippen LogP contribution is 2.20. The van der Waals surface area contributed by atoms with Crippen molar-refractivity contribution >= 4 is 21.9 Å². The van der Waals surface area contributed by atoms with Crippen molar-refractivity contribution in [3.63, 3.8) is 0 Å². The number of ether oxygens (including phenoxy) is 1. The van der Waals surface area contributed by atoms with E-state index in [0.29, 0.717) is 10.9 Å². The maximum atomic E-state index is 13.4. The highest BCUT2D eigenvalue weighted by atomic mass is 79.9. The van der Waals surface area contributed by atoms with E-state index in [1.54, 1.807) is 19.9 Å².